The number of nitrogens with zero attached hydrogens (tertiary/aromatic N) is 2. The maximum absolute atomic E-state index is 12.4. The van der Waals surface area contributed by atoms with Gasteiger partial charge in [-0.3, -0.25) is 9.59 Å². The summed E-state index contributed by atoms with van der Waals surface area (Å²) in [4.78, 5) is 27.7. The number of aromatic hydroxyl groups is 1. The lowest BCUT2D eigenvalue weighted by atomic mass is 10.1. The highest BCUT2D eigenvalue weighted by Gasteiger charge is 2.37. The molecule has 2 fully saturated rings. The zero-order chi connectivity index (χ0) is 14.3. The number of halogens is 1. The number of phenols is 1. The van der Waals surface area contributed by atoms with Crippen molar-refractivity contribution in [1.29, 1.82) is 0 Å². The molecule has 0 bridgehead atoms. The highest BCUT2D eigenvalue weighted by Crippen LogP contribution is 2.25. The molecule has 0 aliphatic carbocycles. The summed E-state index contributed by atoms with van der Waals surface area (Å²) in [6, 6.07) is 5.14. The number of benzene rings is 1. The van der Waals surface area contributed by atoms with Crippen molar-refractivity contribution in [2.75, 3.05) is 19.6 Å². The summed E-state index contributed by atoms with van der Waals surface area (Å²) >= 11 is 2.02. The van der Waals surface area contributed by atoms with Gasteiger partial charge in [0.25, 0.3) is 5.91 Å². The predicted octanol–water partition coefficient (Wildman–Crippen LogP) is 1.44. The molecule has 0 radical (unpaired) electrons. The van der Waals surface area contributed by atoms with E-state index < -0.39 is 0 Å². The Morgan fingerprint density at radius 3 is 2.90 bits per heavy atom. The van der Waals surface area contributed by atoms with Gasteiger partial charge >= 0.3 is 0 Å². The average molecular weight is 386 g/mol. The van der Waals surface area contributed by atoms with Crippen LogP contribution in [0.5, 0.6) is 5.75 Å². The average Bonchev–Trinajstić information content (AvgIpc) is 2.82. The zero-order valence-corrected chi connectivity index (χ0v) is 13.0. The molecule has 2 heterocycles. The lowest BCUT2D eigenvalue weighted by molar-refractivity contribution is -0.130. The largest absolute Gasteiger partial charge is 0.507 e. The van der Waals surface area contributed by atoms with Crippen molar-refractivity contribution in [3.63, 3.8) is 0 Å². The number of hydrogen-bond donors (Lipinski definition) is 1. The first-order valence-corrected chi connectivity index (χ1v) is 7.71. The van der Waals surface area contributed by atoms with Crippen LogP contribution >= 0.6 is 22.6 Å². The van der Waals surface area contributed by atoms with E-state index in [0.717, 1.165) is 9.99 Å². The fraction of sp³-hybridized carbons (Fsp3) is 0.429. The van der Waals surface area contributed by atoms with Crippen LogP contribution in [0.4, 0.5) is 0 Å². The Morgan fingerprint density at radius 2 is 2.15 bits per heavy atom. The van der Waals surface area contributed by atoms with Crippen molar-refractivity contribution in [3.8, 4) is 5.75 Å². The normalized spacial score (nSPS) is 22.1. The number of rotatable bonds is 1. The third-order valence-electron chi connectivity index (χ3n) is 3.97. The van der Waals surface area contributed by atoms with Gasteiger partial charge in [0.1, 0.15) is 5.75 Å². The molecule has 106 valence electrons. The first-order chi connectivity index (χ1) is 9.56. The van der Waals surface area contributed by atoms with E-state index in [2.05, 4.69) is 0 Å². The molecule has 0 aromatic heterocycles. The van der Waals surface area contributed by atoms with E-state index >= 15 is 0 Å². The first-order valence-electron chi connectivity index (χ1n) is 6.63. The fourth-order valence-electron chi connectivity index (χ4n) is 2.88. The second kappa shape index (κ2) is 5.23. The molecule has 20 heavy (non-hydrogen) atoms. The fourth-order valence-corrected chi connectivity index (χ4v) is 3.21. The van der Waals surface area contributed by atoms with Crippen LogP contribution in [0.15, 0.2) is 18.2 Å². The lowest BCUT2D eigenvalue weighted by Crippen LogP contribution is -2.53. The monoisotopic (exact) mass is 386 g/mol. The molecule has 2 saturated heterocycles. The summed E-state index contributed by atoms with van der Waals surface area (Å²) < 4.78 is 0.727. The number of carbonyl (C=O) groups excluding carboxylic acids is 2. The standard InChI is InChI=1S/C14H15IN2O3/c15-11-3-1-9(7-12(11)18)14(20)16-5-6-17-10(8-16)2-4-13(17)19/h1,3,7,10,18H,2,4-6,8H2. The summed E-state index contributed by atoms with van der Waals surface area (Å²) in [7, 11) is 0. The minimum absolute atomic E-state index is 0.0734. The van der Waals surface area contributed by atoms with Crippen LogP contribution in [0, 0.1) is 3.57 Å². The van der Waals surface area contributed by atoms with Crippen molar-refractivity contribution in [3.05, 3.63) is 27.3 Å². The van der Waals surface area contributed by atoms with Crippen LogP contribution in [-0.4, -0.2) is 52.4 Å². The van der Waals surface area contributed by atoms with E-state index in [1.165, 1.54) is 6.07 Å². The van der Waals surface area contributed by atoms with Gasteiger partial charge < -0.3 is 14.9 Å². The van der Waals surface area contributed by atoms with Crippen LogP contribution in [0.25, 0.3) is 0 Å². The van der Waals surface area contributed by atoms with E-state index in [0.29, 0.717) is 31.6 Å². The van der Waals surface area contributed by atoms with Crippen LogP contribution in [-0.2, 0) is 4.79 Å². The van der Waals surface area contributed by atoms with Gasteiger partial charge in [-0.2, -0.15) is 0 Å². The van der Waals surface area contributed by atoms with Crippen LogP contribution in [0.2, 0.25) is 0 Å². The summed E-state index contributed by atoms with van der Waals surface area (Å²) in [6.07, 6.45) is 1.43. The van der Waals surface area contributed by atoms with E-state index in [1.54, 1.807) is 17.0 Å². The Morgan fingerprint density at radius 1 is 1.35 bits per heavy atom. The molecule has 2 aliphatic heterocycles. The van der Waals surface area contributed by atoms with Crippen LogP contribution < -0.4 is 0 Å². The number of carbonyl (C=O) groups is 2. The second-order valence-corrected chi connectivity index (χ2v) is 6.36. The Kier molecular flexibility index (Phi) is 3.57. The molecule has 1 aromatic carbocycles. The van der Waals surface area contributed by atoms with Crippen LogP contribution in [0.1, 0.15) is 23.2 Å². The van der Waals surface area contributed by atoms with Gasteiger partial charge in [-0.1, -0.05) is 0 Å². The number of hydrogen-bond acceptors (Lipinski definition) is 3. The van der Waals surface area contributed by atoms with Crippen molar-refractivity contribution < 1.29 is 14.7 Å². The lowest BCUT2D eigenvalue weighted by Gasteiger charge is -2.37. The van der Waals surface area contributed by atoms with E-state index in [1.807, 2.05) is 27.5 Å². The first kappa shape index (κ1) is 13.7. The molecule has 1 atom stereocenters. The Labute approximate surface area is 130 Å². The molecule has 1 aromatic rings. The summed E-state index contributed by atoms with van der Waals surface area (Å²) in [5.74, 6) is 0.260. The van der Waals surface area contributed by atoms with Crippen LogP contribution in [0.3, 0.4) is 0 Å². The minimum Gasteiger partial charge on any atom is -0.507 e. The molecule has 2 amide bonds. The Balaban J connectivity index is 1.75. The van der Waals surface area contributed by atoms with E-state index in [-0.39, 0.29) is 23.6 Å². The molecule has 3 rings (SSSR count). The SMILES string of the molecule is O=C(c1ccc(I)c(O)c1)N1CCN2C(=O)CCC2C1. The number of amides is 2. The summed E-state index contributed by atoms with van der Waals surface area (Å²) in [6.45, 7) is 1.77. The van der Waals surface area contributed by atoms with Gasteiger partial charge in [0.15, 0.2) is 0 Å². The molecule has 0 spiro atoms. The van der Waals surface area contributed by atoms with E-state index in [4.69, 9.17) is 0 Å². The molecular weight excluding hydrogens is 371 g/mol. The van der Waals surface area contributed by atoms with Crippen molar-refractivity contribution in [2.45, 2.75) is 18.9 Å². The van der Waals surface area contributed by atoms with Crippen molar-refractivity contribution in [1.82, 2.24) is 9.80 Å². The third kappa shape index (κ3) is 2.36. The quantitative estimate of drug-likeness (QED) is 0.744. The molecule has 1 N–H and O–H groups in total. The molecule has 2 aliphatic rings. The van der Waals surface area contributed by atoms with Gasteiger partial charge in [-0.15, -0.1) is 0 Å². The minimum atomic E-state index is -0.0734. The predicted molar refractivity (Wildman–Crippen MR) is 81.5 cm³/mol. The van der Waals surface area contributed by atoms with Gasteiger partial charge in [0, 0.05) is 37.7 Å². The highest BCUT2D eigenvalue weighted by molar-refractivity contribution is 14.1. The zero-order valence-electron chi connectivity index (χ0n) is 10.9. The molecule has 5 nitrogen and oxygen atoms in total. The topological polar surface area (TPSA) is 60.9 Å². The number of fused-ring (bicyclic) bond motifs is 1. The maximum Gasteiger partial charge on any atom is 0.254 e. The molecular formula is C14H15IN2O3. The smallest absolute Gasteiger partial charge is 0.254 e. The molecule has 0 saturated carbocycles. The van der Waals surface area contributed by atoms with Gasteiger partial charge in [-0.05, 0) is 47.2 Å². The Hall–Kier alpha value is -1.31. The number of phenolic OH excluding ortho intramolecular Hbond substituents is 1. The summed E-state index contributed by atoms with van der Waals surface area (Å²) in [5, 5.41) is 9.70. The highest BCUT2D eigenvalue weighted by atomic mass is 127. The van der Waals surface area contributed by atoms with Gasteiger partial charge in [-0.25, -0.2) is 0 Å². The van der Waals surface area contributed by atoms with Crippen molar-refractivity contribution in [2.24, 2.45) is 0 Å². The summed E-state index contributed by atoms with van der Waals surface area (Å²) in [5.41, 5.74) is 0.501. The molecule has 6 heteroatoms. The molecule has 1 unspecified atom stereocenters. The van der Waals surface area contributed by atoms with Gasteiger partial charge in [0.05, 0.1) is 3.57 Å². The number of piperazine rings is 1. The maximum atomic E-state index is 12.4. The second-order valence-electron chi connectivity index (χ2n) is 5.20. The third-order valence-corrected chi connectivity index (χ3v) is 4.89. The van der Waals surface area contributed by atoms with E-state index in [9.17, 15) is 14.7 Å². The Bertz CT molecular complexity index is 576. The van der Waals surface area contributed by atoms with Crippen molar-refractivity contribution >= 4 is 34.4 Å². The van der Waals surface area contributed by atoms with Gasteiger partial charge in [0.2, 0.25) is 5.91 Å².